The summed E-state index contributed by atoms with van der Waals surface area (Å²) in [5.41, 5.74) is 1.44. The lowest BCUT2D eigenvalue weighted by molar-refractivity contribution is -0.129. The summed E-state index contributed by atoms with van der Waals surface area (Å²) < 4.78 is 4.70. The van der Waals surface area contributed by atoms with Crippen molar-refractivity contribution in [1.29, 1.82) is 0 Å². The van der Waals surface area contributed by atoms with E-state index in [4.69, 9.17) is 16.3 Å². The van der Waals surface area contributed by atoms with E-state index in [2.05, 4.69) is 10.6 Å². The van der Waals surface area contributed by atoms with Gasteiger partial charge in [0.05, 0.1) is 24.5 Å². The summed E-state index contributed by atoms with van der Waals surface area (Å²) in [6.45, 7) is 0. The van der Waals surface area contributed by atoms with Gasteiger partial charge in [0.1, 0.15) is 0 Å². The van der Waals surface area contributed by atoms with Gasteiger partial charge in [-0.2, -0.15) is 0 Å². The third kappa shape index (κ3) is 5.23. The van der Waals surface area contributed by atoms with Crippen molar-refractivity contribution in [3.8, 4) is 0 Å². The van der Waals surface area contributed by atoms with E-state index in [-0.39, 0.29) is 11.8 Å². The van der Waals surface area contributed by atoms with Gasteiger partial charge in [0.2, 0.25) is 11.8 Å². The molecule has 2 aromatic rings. The summed E-state index contributed by atoms with van der Waals surface area (Å²) in [4.78, 5) is 37.3. The highest BCUT2D eigenvalue weighted by molar-refractivity contribution is 6.30. The number of nitrogens with one attached hydrogen (secondary N) is 2. The van der Waals surface area contributed by atoms with Crippen LogP contribution in [0.2, 0.25) is 5.02 Å². The van der Waals surface area contributed by atoms with Gasteiger partial charge in [-0.25, -0.2) is 4.79 Å². The van der Waals surface area contributed by atoms with Gasteiger partial charge >= 0.3 is 5.97 Å². The van der Waals surface area contributed by atoms with Gasteiger partial charge in [-0.3, -0.25) is 9.59 Å². The first kappa shape index (κ1) is 20.6. The van der Waals surface area contributed by atoms with Crippen LogP contribution in [-0.2, 0) is 14.3 Å². The van der Waals surface area contributed by atoms with Crippen molar-refractivity contribution in [3.63, 3.8) is 0 Å². The van der Waals surface area contributed by atoms with Crippen molar-refractivity contribution >= 4 is 40.8 Å². The van der Waals surface area contributed by atoms with Crippen molar-refractivity contribution in [2.75, 3.05) is 17.7 Å². The second kappa shape index (κ2) is 9.39. The molecule has 0 saturated carbocycles. The zero-order chi connectivity index (χ0) is 20.8. The molecule has 2 aromatic carbocycles. The predicted octanol–water partition coefficient (Wildman–Crippen LogP) is 4.29. The molecule has 1 aliphatic rings. The maximum Gasteiger partial charge on any atom is 0.337 e. The van der Waals surface area contributed by atoms with Gasteiger partial charge in [-0.05, 0) is 55.3 Å². The van der Waals surface area contributed by atoms with Gasteiger partial charge in [0.25, 0.3) is 0 Å². The molecule has 0 aromatic heterocycles. The maximum atomic E-state index is 12.9. The highest BCUT2D eigenvalue weighted by Crippen LogP contribution is 2.29. The molecule has 2 unspecified atom stereocenters. The number of halogens is 1. The average molecular weight is 413 g/mol. The number of amides is 2. The number of anilines is 2. The van der Waals surface area contributed by atoms with Gasteiger partial charge in [0.15, 0.2) is 0 Å². The molecule has 150 valence electrons. The molecule has 0 fully saturated rings. The molecule has 3 rings (SSSR count). The molecule has 0 bridgehead atoms. The molecule has 0 saturated heterocycles. The minimum atomic E-state index is -0.519. The zero-order valence-corrected chi connectivity index (χ0v) is 16.6. The fourth-order valence-electron chi connectivity index (χ4n) is 3.24. The standard InChI is InChI=1S/C22H21ClN2O4/c1-29-22(28)14-5-4-6-17(13-14)25-21(27)19-8-3-2-7-18(19)20(26)24-16-11-9-15(23)10-12-16/h2-6,9-13,18-19H,7-8H2,1H3,(H,24,26)(H,25,27). The Morgan fingerprint density at radius 1 is 0.897 bits per heavy atom. The van der Waals surface area contributed by atoms with Gasteiger partial charge in [0, 0.05) is 16.4 Å². The van der Waals surface area contributed by atoms with Crippen molar-refractivity contribution < 1.29 is 19.1 Å². The van der Waals surface area contributed by atoms with E-state index < -0.39 is 17.8 Å². The van der Waals surface area contributed by atoms with E-state index in [0.717, 1.165) is 0 Å². The van der Waals surface area contributed by atoms with Crippen molar-refractivity contribution in [3.05, 3.63) is 71.3 Å². The topological polar surface area (TPSA) is 84.5 Å². The highest BCUT2D eigenvalue weighted by atomic mass is 35.5. The Hall–Kier alpha value is -3.12. The quantitative estimate of drug-likeness (QED) is 0.566. The van der Waals surface area contributed by atoms with Crippen LogP contribution < -0.4 is 10.6 Å². The minimum absolute atomic E-state index is 0.222. The normalized spacial score (nSPS) is 18.0. The van der Waals surface area contributed by atoms with E-state index in [1.54, 1.807) is 48.5 Å². The smallest absolute Gasteiger partial charge is 0.337 e. The average Bonchev–Trinajstić information content (AvgIpc) is 2.75. The molecule has 7 heteroatoms. The summed E-state index contributed by atoms with van der Waals surface area (Å²) in [7, 11) is 1.30. The monoisotopic (exact) mass is 412 g/mol. The predicted molar refractivity (Wildman–Crippen MR) is 112 cm³/mol. The lowest BCUT2D eigenvalue weighted by Gasteiger charge is -2.26. The minimum Gasteiger partial charge on any atom is -0.465 e. The SMILES string of the molecule is COC(=O)c1cccc(NC(=O)C2CC=CCC2C(=O)Nc2ccc(Cl)cc2)c1. The molecule has 29 heavy (non-hydrogen) atoms. The second-order valence-electron chi connectivity index (χ2n) is 6.71. The first-order chi connectivity index (χ1) is 14.0. The number of esters is 1. The lowest BCUT2D eigenvalue weighted by Crippen LogP contribution is -2.37. The van der Waals surface area contributed by atoms with Gasteiger partial charge < -0.3 is 15.4 Å². The molecule has 6 nitrogen and oxygen atoms in total. The highest BCUT2D eigenvalue weighted by Gasteiger charge is 2.34. The molecule has 1 aliphatic carbocycles. The third-order valence-electron chi connectivity index (χ3n) is 4.77. The number of hydrogen-bond donors (Lipinski definition) is 2. The third-order valence-corrected chi connectivity index (χ3v) is 5.02. The Kier molecular flexibility index (Phi) is 6.67. The molecule has 0 spiro atoms. The van der Waals surface area contributed by atoms with Crippen LogP contribution in [0.25, 0.3) is 0 Å². The number of hydrogen-bond acceptors (Lipinski definition) is 4. The summed E-state index contributed by atoms with van der Waals surface area (Å²) in [5, 5.41) is 6.23. The van der Waals surface area contributed by atoms with Crippen LogP contribution in [0.15, 0.2) is 60.7 Å². The first-order valence-corrected chi connectivity index (χ1v) is 9.56. The molecule has 0 radical (unpaired) electrons. The molecular formula is C22H21ClN2O4. The summed E-state index contributed by atoms with van der Waals surface area (Å²) >= 11 is 5.87. The van der Waals surface area contributed by atoms with E-state index in [0.29, 0.717) is 34.8 Å². The number of allylic oxidation sites excluding steroid dienone is 2. The Bertz CT molecular complexity index is 940. The fraction of sp³-hybridized carbons (Fsp3) is 0.227. The molecule has 0 aliphatic heterocycles. The van der Waals surface area contributed by atoms with Crippen LogP contribution in [0.5, 0.6) is 0 Å². The Morgan fingerprint density at radius 3 is 2.07 bits per heavy atom. The van der Waals surface area contributed by atoms with Crippen molar-refractivity contribution in [2.45, 2.75) is 12.8 Å². The number of methoxy groups -OCH3 is 1. The Morgan fingerprint density at radius 2 is 1.48 bits per heavy atom. The van der Waals surface area contributed by atoms with E-state index in [9.17, 15) is 14.4 Å². The fourth-order valence-corrected chi connectivity index (χ4v) is 3.36. The number of carbonyl (C=O) groups excluding carboxylic acids is 3. The molecule has 0 heterocycles. The largest absolute Gasteiger partial charge is 0.465 e. The number of ether oxygens (including phenoxy) is 1. The molecular weight excluding hydrogens is 392 g/mol. The molecule has 2 N–H and O–H groups in total. The Labute approximate surface area is 173 Å². The lowest BCUT2D eigenvalue weighted by atomic mass is 9.81. The molecule has 2 atom stereocenters. The van der Waals surface area contributed by atoms with E-state index in [1.807, 2.05) is 12.2 Å². The summed E-state index contributed by atoms with van der Waals surface area (Å²) in [5.74, 6) is -2.00. The van der Waals surface area contributed by atoms with Crippen molar-refractivity contribution in [1.82, 2.24) is 0 Å². The van der Waals surface area contributed by atoms with Crippen LogP contribution in [-0.4, -0.2) is 24.9 Å². The van der Waals surface area contributed by atoms with Gasteiger partial charge in [-0.15, -0.1) is 0 Å². The van der Waals surface area contributed by atoms with E-state index >= 15 is 0 Å². The number of rotatable bonds is 5. The zero-order valence-electron chi connectivity index (χ0n) is 15.9. The van der Waals surface area contributed by atoms with Crippen LogP contribution in [0.1, 0.15) is 23.2 Å². The summed E-state index contributed by atoms with van der Waals surface area (Å²) in [6, 6.07) is 13.3. The number of benzene rings is 2. The summed E-state index contributed by atoms with van der Waals surface area (Å²) in [6.07, 6.45) is 4.75. The first-order valence-electron chi connectivity index (χ1n) is 9.18. The van der Waals surface area contributed by atoms with E-state index in [1.165, 1.54) is 7.11 Å². The van der Waals surface area contributed by atoms with Crippen LogP contribution in [0, 0.1) is 11.8 Å². The Balaban J connectivity index is 1.71. The maximum absolute atomic E-state index is 12.9. The van der Waals surface area contributed by atoms with Crippen molar-refractivity contribution in [2.24, 2.45) is 11.8 Å². The molecule has 2 amide bonds. The van der Waals surface area contributed by atoms with Gasteiger partial charge in [-0.1, -0.05) is 29.8 Å². The van der Waals surface area contributed by atoms with Crippen LogP contribution in [0.3, 0.4) is 0 Å². The van der Waals surface area contributed by atoms with Crippen LogP contribution >= 0.6 is 11.6 Å². The van der Waals surface area contributed by atoms with Crippen LogP contribution in [0.4, 0.5) is 11.4 Å². The number of carbonyl (C=O) groups is 3. The second-order valence-corrected chi connectivity index (χ2v) is 7.15.